The molecule has 1 aliphatic heterocycles. The molecule has 0 radical (unpaired) electrons. The van der Waals surface area contributed by atoms with Gasteiger partial charge in [-0.1, -0.05) is 30.3 Å². The van der Waals surface area contributed by atoms with Gasteiger partial charge in [-0.15, -0.1) is 0 Å². The SMILES string of the molecule is Cc1nc([C@H]2CCCN(C(=O)CCn3nccc3C)C2)ncc1C(=O)NCc1ccccc1. The minimum absolute atomic E-state index is 0.0780. The fraction of sp³-hybridized carbons (Fsp3) is 0.400. The molecule has 4 rings (SSSR count). The summed E-state index contributed by atoms with van der Waals surface area (Å²) in [6.07, 6.45) is 5.64. The first-order chi connectivity index (χ1) is 16.0. The van der Waals surface area contributed by atoms with Crippen molar-refractivity contribution in [3.63, 3.8) is 0 Å². The third-order valence-electron chi connectivity index (χ3n) is 6.14. The molecule has 172 valence electrons. The number of carbonyl (C=O) groups is 2. The molecule has 3 heterocycles. The predicted octanol–water partition coefficient (Wildman–Crippen LogP) is 3.02. The number of nitrogens with zero attached hydrogens (tertiary/aromatic N) is 5. The van der Waals surface area contributed by atoms with Gasteiger partial charge in [0, 0.05) is 56.6 Å². The van der Waals surface area contributed by atoms with Crippen LogP contribution in [0.3, 0.4) is 0 Å². The molecule has 0 spiro atoms. The van der Waals surface area contributed by atoms with E-state index in [4.69, 9.17) is 0 Å². The minimum atomic E-state index is -0.183. The summed E-state index contributed by atoms with van der Waals surface area (Å²) in [5.74, 6) is 0.724. The molecule has 1 saturated heterocycles. The van der Waals surface area contributed by atoms with Crippen molar-refractivity contribution in [2.24, 2.45) is 0 Å². The van der Waals surface area contributed by atoms with Crippen LogP contribution in [0, 0.1) is 13.8 Å². The van der Waals surface area contributed by atoms with Crippen LogP contribution in [0.1, 0.15) is 58.3 Å². The Balaban J connectivity index is 1.35. The third kappa shape index (κ3) is 5.63. The molecule has 0 saturated carbocycles. The molecule has 2 aromatic heterocycles. The predicted molar refractivity (Wildman–Crippen MR) is 125 cm³/mol. The van der Waals surface area contributed by atoms with Crippen molar-refractivity contribution < 1.29 is 9.59 Å². The second-order valence-corrected chi connectivity index (χ2v) is 8.52. The molecule has 2 amide bonds. The van der Waals surface area contributed by atoms with Gasteiger partial charge >= 0.3 is 0 Å². The standard InChI is InChI=1S/C25H30N6O2/c1-18-10-12-28-31(18)14-11-23(32)30-13-6-9-21(17-30)24-26-16-22(19(2)29-24)25(33)27-15-20-7-4-3-5-8-20/h3-5,7-8,10,12,16,21H,6,9,11,13-15,17H2,1-2H3,(H,27,33)/t21-/m0/s1. The fourth-order valence-corrected chi connectivity index (χ4v) is 4.19. The summed E-state index contributed by atoms with van der Waals surface area (Å²) in [7, 11) is 0. The van der Waals surface area contributed by atoms with Crippen molar-refractivity contribution in [3.8, 4) is 0 Å². The number of hydrogen-bond donors (Lipinski definition) is 1. The van der Waals surface area contributed by atoms with Gasteiger partial charge in [0.15, 0.2) is 0 Å². The summed E-state index contributed by atoms with van der Waals surface area (Å²) < 4.78 is 1.85. The lowest BCUT2D eigenvalue weighted by Crippen LogP contribution is -2.40. The van der Waals surface area contributed by atoms with Gasteiger partial charge in [-0.25, -0.2) is 9.97 Å². The number of aromatic nitrogens is 4. The molecular formula is C25H30N6O2. The molecule has 0 aliphatic carbocycles. The molecule has 1 atom stereocenters. The number of carbonyl (C=O) groups excluding carboxylic acids is 2. The molecule has 1 aromatic carbocycles. The minimum Gasteiger partial charge on any atom is -0.348 e. The first-order valence-electron chi connectivity index (χ1n) is 11.4. The lowest BCUT2D eigenvalue weighted by atomic mass is 9.96. The Morgan fingerprint density at radius 1 is 1.15 bits per heavy atom. The van der Waals surface area contributed by atoms with E-state index in [9.17, 15) is 9.59 Å². The Kier molecular flexibility index (Phi) is 7.12. The van der Waals surface area contributed by atoms with Crippen LogP contribution in [0.15, 0.2) is 48.8 Å². The Morgan fingerprint density at radius 3 is 2.70 bits per heavy atom. The number of likely N-dealkylation sites (tertiary alicyclic amines) is 1. The maximum Gasteiger partial charge on any atom is 0.254 e. The smallest absolute Gasteiger partial charge is 0.254 e. The molecule has 1 aliphatic rings. The number of amides is 2. The number of benzene rings is 1. The molecule has 8 nitrogen and oxygen atoms in total. The van der Waals surface area contributed by atoms with E-state index in [2.05, 4.69) is 20.4 Å². The lowest BCUT2D eigenvalue weighted by Gasteiger charge is -2.32. The van der Waals surface area contributed by atoms with Gasteiger partial charge in [-0.2, -0.15) is 5.10 Å². The number of aryl methyl sites for hydroxylation is 3. The highest BCUT2D eigenvalue weighted by atomic mass is 16.2. The summed E-state index contributed by atoms with van der Waals surface area (Å²) in [6, 6.07) is 11.7. The normalized spacial score (nSPS) is 15.9. The van der Waals surface area contributed by atoms with Crippen molar-refractivity contribution in [2.75, 3.05) is 13.1 Å². The van der Waals surface area contributed by atoms with Crippen LogP contribution < -0.4 is 5.32 Å². The van der Waals surface area contributed by atoms with Crippen molar-refractivity contribution in [1.82, 2.24) is 30.0 Å². The van der Waals surface area contributed by atoms with Crippen molar-refractivity contribution in [1.29, 1.82) is 0 Å². The molecule has 8 heteroatoms. The maximum atomic E-state index is 12.8. The molecule has 0 unspecified atom stereocenters. The molecule has 1 N–H and O–H groups in total. The van der Waals surface area contributed by atoms with E-state index in [1.54, 1.807) is 12.4 Å². The first kappa shape index (κ1) is 22.6. The Hall–Kier alpha value is -3.55. The molecule has 3 aromatic rings. The van der Waals surface area contributed by atoms with E-state index in [0.29, 0.717) is 43.1 Å². The lowest BCUT2D eigenvalue weighted by molar-refractivity contribution is -0.132. The van der Waals surface area contributed by atoms with Crippen LogP contribution in [0.5, 0.6) is 0 Å². The van der Waals surface area contributed by atoms with E-state index in [-0.39, 0.29) is 17.7 Å². The zero-order valence-electron chi connectivity index (χ0n) is 19.2. The highest BCUT2D eigenvalue weighted by Gasteiger charge is 2.27. The van der Waals surface area contributed by atoms with Crippen LogP contribution in [-0.4, -0.2) is 49.6 Å². The van der Waals surface area contributed by atoms with Gasteiger partial charge in [0.05, 0.1) is 11.3 Å². The maximum absolute atomic E-state index is 12.8. The van der Waals surface area contributed by atoms with E-state index in [1.165, 1.54) is 0 Å². The molecule has 33 heavy (non-hydrogen) atoms. The van der Waals surface area contributed by atoms with Gasteiger partial charge in [-0.05, 0) is 38.3 Å². The second-order valence-electron chi connectivity index (χ2n) is 8.52. The van der Waals surface area contributed by atoms with Crippen molar-refractivity contribution in [3.05, 3.63) is 77.1 Å². The van der Waals surface area contributed by atoms with E-state index in [1.807, 2.05) is 59.8 Å². The monoisotopic (exact) mass is 446 g/mol. The van der Waals surface area contributed by atoms with Crippen LogP contribution in [0.4, 0.5) is 0 Å². The first-order valence-corrected chi connectivity index (χ1v) is 11.4. The zero-order chi connectivity index (χ0) is 23.2. The molecular weight excluding hydrogens is 416 g/mol. The molecule has 0 bridgehead atoms. The summed E-state index contributed by atoms with van der Waals surface area (Å²) in [6.45, 7) is 6.22. The topological polar surface area (TPSA) is 93.0 Å². The summed E-state index contributed by atoms with van der Waals surface area (Å²) in [4.78, 5) is 36.4. The quantitative estimate of drug-likeness (QED) is 0.602. The summed E-state index contributed by atoms with van der Waals surface area (Å²) >= 11 is 0. The number of nitrogens with one attached hydrogen (secondary N) is 1. The number of rotatable bonds is 7. The van der Waals surface area contributed by atoms with Crippen molar-refractivity contribution in [2.45, 2.75) is 52.1 Å². The van der Waals surface area contributed by atoms with Gasteiger partial charge in [0.1, 0.15) is 5.82 Å². The van der Waals surface area contributed by atoms with E-state index in [0.717, 1.165) is 30.6 Å². The van der Waals surface area contributed by atoms with Crippen LogP contribution in [0.25, 0.3) is 0 Å². The highest BCUT2D eigenvalue weighted by molar-refractivity contribution is 5.94. The van der Waals surface area contributed by atoms with Gasteiger partial charge < -0.3 is 10.2 Å². The average Bonchev–Trinajstić information content (AvgIpc) is 3.26. The number of hydrogen-bond acceptors (Lipinski definition) is 5. The summed E-state index contributed by atoms with van der Waals surface area (Å²) in [5, 5.41) is 7.18. The van der Waals surface area contributed by atoms with E-state index < -0.39 is 0 Å². The van der Waals surface area contributed by atoms with Gasteiger partial charge in [0.25, 0.3) is 5.91 Å². The second kappa shape index (κ2) is 10.4. The van der Waals surface area contributed by atoms with E-state index >= 15 is 0 Å². The molecule has 1 fully saturated rings. The fourth-order valence-electron chi connectivity index (χ4n) is 4.19. The largest absolute Gasteiger partial charge is 0.348 e. The number of piperidine rings is 1. The third-order valence-corrected chi connectivity index (χ3v) is 6.14. The van der Waals surface area contributed by atoms with Crippen LogP contribution in [0.2, 0.25) is 0 Å². The van der Waals surface area contributed by atoms with Crippen molar-refractivity contribution >= 4 is 11.8 Å². The Morgan fingerprint density at radius 2 is 1.97 bits per heavy atom. The van der Waals surface area contributed by atoms with Crippen LogP contribution in [-0.2, 0) is 17.9 Å². The average molecular weight is 447 g/mol. The Labute approximate surface area is 194 Å². The Bertz CT molecular complexity index is 1110. The van der Waals surface area contributed by atoms with Gasteiger partial charge in [0.2, 0.25) is 5.91 Å². The summed E-state index contributed by atoms with van der Waals surface area (Å²) in [5.41, 5.74) is 3.22. The van der Waals surface area contributed by atoms with Crippen LogP contribution >= 0.6 is 0 Å². The van der Waals surface area contributed by atoms with Gasteiger partial charge in [-0.3, -0.25) is 14.3 Å². The zero-order valence-corrected chi connectivity index (χ0v) is 19.2. The highest BCUT2D eigenvalue weighted by Crippen LogP contribution is 2.25.